The zero-order valence-corrected chi connectivity index (χ0v) is 29.0. The number of carbonyl (C=O) groups excluding carboxylic acids is 2. The first-order chi connectivity index (χ1) is 23.1. The van der Waals surface area contributed by atoms with Crippen LogP contribution in [0.15, 0.2) is 70.6 Å². The van der Waals surface area contributed by atoms with Gasteiger partial charge in [0.1, 0.15) is 20.8 Å². The number of amides is 2. The smallest absolute Gasteiger partial charge is 0.297 e. The molecule has 0 radical (unpaired) electrons. The Kier molecular flexibility index (Phi) is 8.73. The quantitative estimate of drug-likeness (QED) is 0.276. The van der Waals surface area contributed by atoms with Gasteiger partial charge >= 0.3 is 0 Å². The van der Waals surface area contributed by atoms with E-state index in [0.717, 1.165) is 21.8 Å². The van der Waals surface area contributed by atoms with Crippen LogP contribution in [-0.4, -0.2) is 87.6 Å². The first-order valence-electron chi connectivity index (χ1n) is 15.9. The summed E-state index contributed by atoms with van der Waals surface area (Å²) < 4.78 is 3.36. The van der Waals surface area contributed by atoms with Crippen molar-refractivity contribution in [3.63, 3.8) is 0 Å². The number of halogens is 1. The number of aryl methyl sites for hydroxylation is 2. The normalized spacial score (nSPS) is 19.5. The van der Waals surface area contributed by atoms with Crippen molar-refractivity contribution in [2.75, 3.05) is 26.2 Å². The number of likely N-dealkylation sites (tertiary alicyclic amines) is 2. The maximum Gasteiger partial charge on any atom is 0.297 e. The van der Waals surface area contributed by atoms with Gasteiger partial charge < -0.3 is 14.9 Å². The van der Waals surface area contributed by atoms with Crippen molar-refractivity contribution in [1.29, 1.82) is 0 Å². The Bertz CT molecular complexity index is 2040. The standard InChI is InChI=1S/C34H35BrN8O4S/c1-21-8-9-24(16-36-21)30-39-22(2)28(48-30)32(45)41-13-10-25(26(18-41)23-6-4-3-5-7-23)31(44)40-14-11-34(47,12-15-40)19-42-20-38-43-27(35)17-37-29(43)33(42)46/h3-9,16-17,20,25-26,47H,10-15,18-19H2,1-2H3. The number of benzene rings is 1. The van der Waals surface area contributed by atoms with Crippen molar-refractivity contribution < 1.29 is 14.7 Å². The molecule has 0 bridgehead atoms. The van der Waals surface area contributed by atoms with Gasteiger partial charge in [0.2, 0.25) is 11.6 Å². The molecule has 0 aliphatic carbocycles. The minimum Gasteiger partial charge on any atom is -0.388 e. The Labute approximate surface area is 289 Å². The fourth-order valence-corrected chi connectivity index (χ4v) is 8.15. The van der Waals surface area contributed by atoms with E-state index in [9.17, 15) is 19.5 Å². The van der Waals surface area contributed by atoms with Gasteiger partial charge in [-0.25, -0.2) is 14.5 Å². The highest BCUT2D eigenvalue weighted by Crippen LogP contribution is 2.37. The van der Waals surface area contributed by atoms with Crippen molar-refractivity contribution >= 4 is 44.7 Å². The van der Waals surface area contributed by atoms with Crippen LogP contribution in [0.2, 0.25) is 0 Å². The van der Waals surface area contributed by atoms with Crippen LogP contribution in [0.3, 0.4) is 0 Å². The van der Waals surface area contributed by atoms with Gasteiger partial charge in [0.15, 0.2) is 0 Å². The third-order valence-electron chi connectivity index (χ3n) is 9.52. The molecule has 2 saturated heterocycles. The summed E-state index contributed by atoms with van der Waals surface area (Å²) in [6.07, 6.45) is 5.87. The van der Waals surface area contributed by atoms with E-state index in [1.807, 2.05) is 66.1 Å². The number of hydrogen-bond acceptors (Lipinski definition) is 9. The second kappa shape index (κ2) is 13.0. The number of piperidine rings is 2. The zero-order chi connectivity index (χ0) is 33.6. The molecule has 2 aliphatic rings. The Morgan fingerprint density at radius 2 is 1.79 bits per heavy atom. The minimum absolute atomic E-state index is 0.0311. The lowest BCUT2D eigenvalue weighted by Crippen LogP contribution is -2.53. The summed E-state index contributed by atoms with van der Waals surface area (Å²) in [6, 6.07) is 13.8. The van der Waals surface area contributed by atoms with Gasteiger partial charge in [-0.05, 0) is 66.7 Å². The number of aromatic nitrogens is 6. The first kappa shape index (κ1) is 32.3. The summed E-state index contributed by atoms with van der Waals surface area (Å²) in [6.45, 7) is 5.46. The number of pyridine rings is 1. The molecule has 12 nitrogen and oxygen atoms in total. The maximum absolute atomic E-state index is 14.1. The molecule has 2 unspecified atom stereocenters. The summed E-state index contributed by atoms with van der Waals surface area (Å²) in [5, 5.41) is 16.5. The van der Waals surface area contributed by atoms with E-state index in [2.05, 4.69) is 36.0 Å². The Hall–Kier alpha value is -4.27. The summed E-state index contributed by atoms with van der Waals surface area (Å²) in [5.41, 5.74) is 2.16. The molecule has 0 spiro atoms. The SMILES string of the molecule is Cc1ccc(-c2nc(C)c(C(=O)N3CCC(C(=O)N4CCC(O)(Cn5cnn6c(Br)cnc6c5=O)CC4)C(c4ccccc4)C3)s2)cn1. The maximum atomic E-state index is 14.1. The second-order valence-electron chi connectivity index (χ2n) is 12.7. The molecule has 2 amide bonds. The van der Waals surface area contributed by atoms with Gasteiger partial charge in [0.25, 0.3) is 11.5 Å². The average molecular weight is 732 g/mol. The molecule has 7 rings (SSSR count). The van der Waals surface area contributed by atoms with E-state index in [0.29, 0.717) is 60.6 Å². The Balaban J connectivity index is 1.05. The summed E-state index contributed by atoms with van der Waals surface area (Å²) in [4.78, 5) is 58.5. The number of fused-ring (bicyclic) bond motifs is 1. The third-order valence-corrected chi connectivity index (χ3v) is 11.3. The number of hydrogen-bond donors (Lipinski definition) is 1. The fraction of sp³-hybridized carbons (Fsp3) is 0.382. The molecule has 14 heteroatoms. The predicted molar refractivity (Wildman–Crippen MR) is 184 cm³/mol. The van der Waals surface area contributed by atoms with Crippen LogP contribution in [0.5, 0.6) is 0 Å². The van der Waals surface area contributed by atoms with E-state index in [1.165, 1.54) is 32.9 Å². The van der Waals surface area contributed by atoms with E-state index in [-0.39, 0.29) is 41.4 Å². The van der Waals surface area contributed by atoms with Crippen molar-refractivity contribution in [3.05, 3.63) is 98.0 Å². The molecular weight excluding hydrogens is 696 g/mol. The summed E-state index contributed by atoms with van der Waals surface area (Å²) in [7, 11) is 0. The molecule has 5 aromatic rings. The van der Waals surface area contributed by atoms with Gasteiger partial charge in [-0.2, -0.15) is 5.10 Å². The highest BCUT2D eigenvalue weighted by Gasteiger charge is 2.42. The first-order valence-corrected chi connectivity index (χ1v) is 17.6. The van der Waals surface area contributed by atoms with Crippen LogP contribution in [0.25, 0.3) is 16.2 Å². The van der Waals surface area contributed by atoms with E-state index < -0.39 is 5.60 Å². The molecular formula is C34H35BrN8O4S. The van der Waals surface area contributed by atoms with Crippen LogP contribution < -0.4 is 5.56 Å². The fourth-order valence-electron chi connectivity index (χ4n) is 6.77. The summed E-state index contributed by atoms with van der Waals surface area (Å²) in [5.74, 6) is -0.538. The molecule has 48 heavy (non-hydrogen) atoms. The molecule has 2 aliphatic heterocycles. The predicted octanol–water partition coefficient (Wildman–Crippen LogP) is 4.09. The van der Waals surface area contributed by atoms with Crippen LogP contribution in [0.4, 0.5) is 0 Å². The van der Waals surface area contributed by atoms with Crippen molar-refractivity contribution in [3.8, 4) is 10.6 Å². The summed E-state index contributed by atoms with van der Waals surface area (Å²) >= 11 is 4.70. The third kappa shape index (κ3) is 6.19. The lowest BCUT2D eigenvalue weighted by molar-refractivity contribution is -0.142. The second-order valence-corrected chi connectivity index (χ2v) is 14.5. The van der Waals surface area contributed by atoms with E-state index in [1.54, 1.807) is 6.20 Å². The van der Waals surface area contributed by atoms with Crippen molar-refractivity contribution in [1.82, 2.24) is 38.9 Å². The molecule has 6 heterocycles. The van der Waals surface area contributed by atoms with Crippen LogP contribution in [0.1, 0.15) is 51.8 Å². The molecule has 1 N–H and O–H groups in total. The topological polar surface area (TPSA) is 139 Å². The number of carbonyl (C=O) groups is 2. The van der Waals surface area contributed by atoms with Crippen molar-refractivity contribution in [2.45, 2.75) is 51.2 Å². The Morgan fingerprint density at radius 3 is 2.52 bits per heavy atom. The zero-order valence-electron chi connectivity index (χ0n) is 26.6. The Morgan fingerprint density at radius 1 is 1.02 bits per heavy atom. The molecule has 1 aromatic carbocycles. The van der Waals surface area contributed by atoms with Gasteiger partial charge in [-0.1, -0.05) is 30.3 Å². The van der Waals surface area contributed by atoms with Crippen molar-refractivity contribution in [2.24, 2.45) is 5.92 Å². The minimum atomic E-state index is -1.17. The van der Waals surface area contributed by atoms with Gasteiger partial charge in [-0.3, -0.25) is 23.9 Å². The molecule has 248 valence electrons. The van der Waals surface area contributed by atoms with Crippen LogP contribution in [0, 0.1) is 19.8 Å². The average Bonchev–Trinajstić information content (AvgIpc) is 3.68. The largest absolute Gasteiger partial charge is 0.388 e. The molecule has 2 fully saturated rings. The molecule has 2 atom stereocenters. The highest BCUT2D eigenvalue weighted by molar-refractivity contribution is 9.10. The lowest BCUT2D eigenvalue weighted by Gasteiger charge is -2.43. The van der Waals surface area contributed by atoms with E-state index >= 15 is 0 Å². The highest BCUT2D eigenvalue weighted by atomic mass is 79.9. The van der Waals surface area contributed by atoms with Gasteiger partial charge in [0, 0.05) is 55.5 Å². The number of nitrogens with zero attached hydrogens (tertiary/aromatic N) is 8. The number of rotatable bonds is 6. The van der Waals surface area contributed by atoms with Crippen LogP contribution in [-0.2, 0) is 11.3 Å². The molecule has 0 saturated carbocycles. The number of aliphatic hydroxyl groups is 1. The monoisotopic (exact) mass is 730 g/mol. The van der Waals surface area contributed by atoms with Gasteiger partial charge in [0.05, 0.1) is 24.0 Å². The number of imidazole rings is 1. The lowest BCUT2D eigenvalue weighted by atomic mass is 9.79. The van der Waals surface area contributed by atoms with E-state index in [4.69, 9.17) is 0 Å². The number of thiazole rings is 1. The van der Waals surface area contributed by atoms with Gasteiger partial charge in [-0.15, -0.1) is 11.3 Å². The van der Waals surface area contributed by atoms with Crippen LogP contribution >= 0.6 is 27.3 Å². The molecule has 4 aromatic heterocycles.